The van der Waals surface area contributed by atoms with Crippen molar-refractivity contribution >= 4 is 49.9 Å². The molecular formula is C24H16N2OS. The third kappa shape index (κ3) is 2.94. The highest BCUT2D eigenvalue weighted by atomic mass is 32.1. The van der Waals surface area contributed by atoms with Gasteiger partial charge in [-0.15, -0.1) is 11.3 Å². The molecule has 0 spiro atoms. The van der Waals surface area contributed by atoms with Gasteiger partial charge in [0.05, 0.1) is 15.8 Å². The number of allylic oxidation sites excluding steroid dienone is 1. The molecule has 1 N–H and O–H groups in total. The van der Waals surface area contributed by atoms with Crippen molar-refractivity contribution in [2.75, 3.05) is 0 Å². The minimum atomic E-state index is -0.0232. The normalized spacial score (nSPS) is 11.9. The van der Waals surface area contributed by atoms with Crippen LogP contribution in [0, 0.1) is 0 Å². The van der Waals surface area contributed by atoms with Gasteiger partial charge >= 0.3 is 0 Å². The van der Waals surface area contributed by atoms with Gasteiger partial charge in [0.1, 0.15) is 5.01 Å². The Balaban J connectivity index is 1.71. The molecular weight excluding hydrogens is 364 g/mol. The van der Waals surface area contributed by atoms with Crippen molar-refractivity contribution in [3.63, 3.8) is 0 Å². The van der Waals surface area contributed by atoms with Gasteiger partial charge in [-0.2, -0.15) is 0 Å². The van der Waals surface area contributed by atoms with Crippen molar-refractivity contribution < 1.29 is 4.79 Å². The number of ketones is 1. The number of hydrogen-bond donors (Lipinski definition) is 1. The lowest BCUT2D eigenvalue weighted by Crippen LogP contribution is -2.02. The first-order valence-corrected chi connectivity index (χ1v) is 9.85. The molecule has 0 atom stereocenters. The lowest BCUT2D eigenvalue weighted by atomic mass is 10.0. The summed E-state index contributed by atoms with van der Waals surface area (Å²) in [6.07, 6.45) is 3.89. The molecule has 0 aliphatic carbocycles. The van der Waals surface area contributed by atoms with Crippen LogP contribution in [0.25, 0.3) is 32.8 Å². The number of fused-ring (bicyclic) bond motifs is 2. The highest BCUT2D eigenvalue weighted by Crippen LogP contribution is 2.32. The van der Waals surface area contributed by atoms with E-state index in [2.05, 4.69) is 11.1 Å². The minimum absolute atomic E-state index is 0.0232. The van der Waals surface area contributed by atoms with E-state index in [0.717, 1.165) is 31.7 Å². The molecule has 0 aliphatic rings. The molecule has 0 saturated carbocycles. The smallest absolute Gasteiger partial charge is 0.196 e. The minimum Gasteiger partial charge on any atom is -0.361 e. The van der Waals surface area contributed by atoms with Gasteiger partial charge in [-0.05, 0) is 24.3 Å². The summed E-state index contributed by atoms with van der Waals surface area (Å²) >= 11 is 1.55. The second-order valence-corrected chi connectivity index (χ2v) is 7.56. The SMILES string of the molecule is O=C(C(=Cc1c[nH]c2ccccc12)c1nc2ccccc2s1)c1ccccc1. The fourth-order valence-corrected chi connectivity index (χ4v) is 4.30. The summed E-state index contributed by atoms with van der Waals surface area (Å²) in [5.74, 6) is -0.0232. The molecule has 3 nitrogen and oxygen atoms in total. The van der Waals surface area contributed by atoms with E-state index in [-0.39, 0.29) is 5.78 Å². The molecule has 0 saturated heterocycles. The van der Waals surface area contributed by atoms with E-state index >= 15 is 0 Å². The predicted octanol–water partition coefficient (Wildman–Crippen LogP) is 6.20. The summed E-state index contributed by atoms with van der Waals surface area (Å²) in [4.78, 5) is 21.4. The lowest BCUT2D eigenvalue weighted by Gasteiger charge is -2.04. The second-order valence-electron chi connectivity index (χ2n) is 6.53. The maximum Gasteiger partial charge on any atom is 0.196 e. The van der Waals surface area contributed by atoms with Crippen molar-refractivity contribution in [1.29, 1.82) is 0 Å². The van der Waals surface area contributed by atoms with Gasteiger partial charge in [-0.25, -0.2) is 4.98 Å². The molecule has 0 fully saturated rings. The largest absolute Gasteiger partial charge is 0.361 e. The molecule has 3 aromatic carbocycles. The fraction of sp³-hybridized carbons (Fsp3) is 0. The number of nitrogens with one attached hydrogen (secondary N) is 1. The molecule has 0 amide bonds. The van der Waals surface area contributed by atoms with Crippen molar-refractivity contribution in [3.8, 4) is 0 Å². The Hall–Kier alpha value is -3.50. The number of H-pyrrole nitrogens is 1. The van der Waals surface area contributed by atoms with Gasteiger partial charge in [0.2, 0.25) is 0 Å². The number of carbonyl (C=O) groups is 1. The number of benzene rings is 3. The average molecular weight is 380 g/mol. The molecule has 134 valence electrons. The molecule has 4 heteroatoms. The van der Waals surface area contributed by atoms with Crippen LogP contribution in [0.5, 0.6) is 0 Å². The van der Waals surface area contributed by atoms with Crippen LogP contribution in [0.3, 0.4) is 0 Å². The van der Waals surface area contributed by atoms with Crippen LogP contribution in [0.15, 0.2) is 85.1 Å². The van der Waals surface area contributed by atoms with Crippen LogP contribution >= 0.6 is 11.3 Å². The molecule has 5 rings (SSSR count). The summed E-state index contributed by atoms with van der Waals surface area (Å²) in [6, 6.07) is 25.4. The highest BCUT2D eigenvalue weighted by Gasteiger charge is 2.19. The van der Waals surface area contributed by atoms with Crippen molar-refractivity contribution in [1.82, 2.24) is 9.97 Å². The van der Waals surface area contributed by atoms with Crippen LogP contribution in [0.4, 0.5) is 0 Å². The van der Waals surface area contributed by atoms with Crippen LogP contribution in [-0.4, -0.2) is 15.8 Å². The summed E-state index contributed by atoms with van der Waals surface area (Å²) < 4.78 is 1.07. The van der Waals surface area contributed by atoms with E-state index in [0.29, 0.717) is 11.1 Å². The Labute approximate surface area is 166 Å². The predicted molar refractivity (Wildman–Crippen MR) is 117 cm³/mol. The van der Waals surface area contributed by atoms with Crippen molar-refractivity contribution in [3.05, 3.63) is 101 Å². The number of aromatic nitrogens is 2. The first kappa shape index (κ1) is 16.7. The number of hydrogen-bond acceptors (Lipinski definition) is 3. The maximum absolute atomic E-state index is 13.4. The molecule has 0 bridgehead atoms. The number of para-hydroxylation sites is 2. The Morgan fingerprint density at radius 1 is 0.893 bits per heavy atom. The van der Waals surface area contributed by atoms with E-state index in [1.54, 1.807) is 11.3 Å². The van der Waals surface area contributed by atoms with Crippen LogP contribution < -0.4 is 0 Å². The maximum atomic E-state index is 13.4. The number of Topliss-reactive ketones (excluding diaryl/α,β-unsaturated/α-hetero) is 1. The molecule has 2 heterocycles. The number of aromatic amines is 1. The van der Waals surface area contributed by atoms with Gasteiger partial charge in [-0.1, -0.05) is 60.7 Å². The first-order valence-electron chi connectivity index (χ1n) is 9.03. The van der Waals surface area contributed by atoms with E-state index in [4.69, 9.17) is 4.98 Å². The van der Waals surface area contributed by atoms with E-state index in [1.165, 1.54) is 0 Å². The van der Waals surface area contributed by atoms with E-state index in [1.807, 2.05) is 85.1 Å². The molecule has 5 aromatic rings. The van der Waals surface area contributed by atoms with Gasteiger partial charge < -0.3 is 4.98 Å². The van der Waals surface area contributed by atoms with Crippen LogP contribution in [0.2, 0.25) is 0 Å². The Morgan fingerprint density at radius 3 is 2.50 bits per heavy atom. The van der Waals surface area contributed by atoms with Crippen LogP contribution in [0.1, 0.15) is 20.9 Å². The Bertz CT molecular complexity index is 1300. The van der Waals surface area contributed by atoms with Gasteiger partial charge in [0, 0.05) is 28.2 Å². The summed E-state index contributed by atoms with van der Waals surface area (Å²) in [5, 5.41) is 1.82. The first-order chi connectivity index (χ1) is 13.8. The lowest BCUT2D eigenvalue weighted by molar-refractivity contribution is 0.105. The standard InChI is InChI=1S/C24H16N2OS/c27-23(16-8-2-1-3-9-16)19(24-26-21-12-6-7-13-22(21)28-24)14-17-15-25-20-11-5-4-10-18(17)20/h1-15,25H. The quantitative estimate of drug-likeness (QED) is 0.298. The number of rotatable bonds is 4. The molecule has 0 aliphatic heterocycles. The molecule has 2 aromatic heterocycles. The number of carbonyl (C=O) groups excluding carboxylic acids is 1. The molecule has 28 heavy (non-hydrogen) atoms. The second kappa shape index (κ2) is 6.91. The highest BCUT2D eigenvalue weighted by molar-refractivity contribution is 7.20. The van der Waals surface area contributed by atoms with Crippen molar-refractivity contribution in [2.24, 2.45) is 0 Å². The third-order valence-electron chi connectivity index (χ3n) is 4.73. The zero-order valence-corrected chi connectivity index (χ0v) is 15.7. The summed E-state index contributed by atoms with van der Waals surface area (Å²) in [7, 11) is 0. The van der Waals surface area contributed by atoms with Gasteiger partial charge in [0.15, 0.2) is 5.78 Å². The molecule has 0 radical (unpaired) electrons. The van der Waals surface area contributed by atoms with Crippen molar-refractivity contribution in [2.45, 2.75) is 0 Å². The zero-order valence-electron chi connectivity index (χ0n) is 14.9. The third-order valence-corrected chi connectivity index (χ3v) is 5.80. The fourth-order valence-electron chi connectivity index (χ4n) is 3.33. The average Bonchev–Trinajstić information content (AvgIpc) is 3.36. The summed E-state index contributed by atoms with van der Waals surface area (Å²) in [6.45, 7) is 0. The van der Waals surface area contributed by atoms with E-state index in [9.17, 15) is 4.79 Å². The zero-order chi connectivity index (χ0) is 18.9. The molecule has 0 unspecified atom stereocenters. The topological polar surface area (TPSA) is 45.8 Å². The van der Waals surface area contributed by atoms with Gasteiger partial charge in [0.25, 0.3) is 0 Å². The number of thiazole rings is 1. The van der Waals surface area contributed by atoms with E-state index < -0.39 is 0 Å². The Morgan fingerprint density at radius 2 is 1.64 bits per heavy atom. The number of nitrogens with zero attached hydrogens (tertiary/aromatic N) is 1. The van der Waals surface area contributed by atoms with Crippen LogP contribution in [-0.2, 0) is 0 Å². The summed E-state index contributed by atoms with van der Waals surface area (Å²) in [5.41, 5.74) is 4.21. The Kier molecular flexibility index (Phi) is 4.11. The van der Waals surface area contributed by atoms with Gasteiger partial charge in [-0.3, -0.25) is 4.79 Å². The monoisotopic (exact) mass is 380 g/mol.